The van der Waals surface area contributed by atoms with Gasteiger partial charge in [0.15, 0.2) is 5.58 Å². The standard InChI is InChI=1S/C19H15ClN2O4/c1-21-19(24)26-16-8-12-6-11(7-15(20)17(12)25-16)10-3-4-14-13(5-10)9-22(2)18(14)23/h3-8H,9H2,1-2H3,(H,21,24). The Balaban J connectivity index is 1.75. The Kier molecular flexibility index (Phi) is 3.85. The van der Waals surface area contributed by atoms with Crippen LogP contribution in [0.2, 0.25) is 5.02 Å². The molecule has 6 nitrogen and oxygen atoms in total. The number of carbonyl (C=O) groups is 2. The van der Waals surface area contributed by atoms with Gasteiger partial charge < -0.3 is 19.4 Å². The van der Waals surface area contributed by atoms with Gasteiger partial charge in [0, 0.05) is 37.7 Å². The summed E-state index contributed by atoms with van der Waals surface area (Å²) in [5.41, 5.74) is 4.01. The number of furan rings is 1. The van der Waals surface area contributed by atoms with Gasteiger partial charge in [-0.15, -0.1) is 0 Å². The molecule has 1 aromatic heterocycles. The largest absolute Gasteiger partial charge is 0.424 e. The molecule has 1 aliphatic rings. The first-order chi connectivity index (χ1) is 12.5. The topological polar surface area (TPSA) is 71.8 Å². The zero-order valence-electron chi connectivity index (χ0n) is 14.1. The predicted octanol–water partition coefficient (Wildman–Crippen LogP) is 4.06. The van der Waals surface area contributed by atoms with Gasteiger partial charge in [-0.2, -0.15) is 0 Å². The van der Waals surface area contributed by atoms with Crippen LogP contribution < -0.4 is 10.1 Å². The summed E-state index contributed by atoms with van der Waals surface area (Å²) in [7, 11) is 3.25. The molecular formula is C19H15ClN2O4. The molecule has 0 atom stereocenters. The van der Waals surface area contributed by atoms with Gasteiger partial charge in [-0.05, 0) is 41.0 Å². The smallest absolute Gasteiger partial charge is 0.414 e. The fraction of sp³-hybridized carbons (Fsp3) is 0.158. The maximum absolute atomic E-state index is 12.0. The van der Waals surface area contributed by atoms with E-state index in [1.54, 1.807) is 24.1 Å². The number of benzene rings is 2. The van der Waals surface area contributed by atoms with E-state index in [1.807, 2.05) is 24.3 Å². The van der Waals surface area contributed by atoms with Crippen LogP contribution in [-0.4, -0.2) is 31.0 Å². The number of nitrogens with zero attached hydrogens (tertiary/aromatic N) is 1. The first-order valence-electron chi connectivity index (χ1n) is 7.97. The van der Waals surface area contributed by atoms with Gasteiger partial charge in [0.05, 0.1) is 5.02 Å². The molecule has 0 bridgehead atoms. The summed E-state index contributed by atoms with van der Waals surface area (Å²) in [6.45, 7) is 0.591. The summed E-state index contributed by atoms with van der Waals surface area (Å²) in [6, 6.07) is 11.0. The van der Waals surface area contributed by atoms with Gasteiger partial charge in [-0.3, -0.25) is 4.79 Å². The third-order valence-corrected chi connectivity index (χ3v) is 4.65. The van der Waals surface area contributed by atoms with E-state index < -0.39 is 6.09 Å². The second-order valence-corrected chi connectivity index (χ2v) is 6.52. The van der Waals surface area contributed by atoms with Crippen molar-refractivity contribution >= 4 is 34.6 Å². The van der Waals surface area contributed by atoms with E-state index in [-0.39, 0.29) is 11.9 Å². The zero-order chi connectivity index (χ0) is 18.4. The number of hydrogen-bond donors (Lipinski definition) is 1. The minimum atomic E-state index is -0.618. The van der Waals surface area contributed by atoms with E-state index in [0.29, 0.717) is 17.2 Å². The van der Waals surface area contributed by atoms with Crippen LogP contribution in [0.15, 0.2) is 40.8 Å². The molecule has 0 saturated heterocycles. The summed E-state index contributed by atoms with van der Waals surface area (Å²) in [5, 5.41) is 3.49. The van der Waals surface area contributed by atoms with Gasteiger partial charge >= 0.3 is 6.09 Å². The fourth-order valence-electron chi connectivity index (χ4n) is 3.09. The van der Waals surface area contributed by atoms with Crippen molar-refractivity contribution in [3.05, 3.63) is 52.5 Å². The second kappa shape index (κ2) is 6.07. The molecule has 0 radical (unpaired) electrons. The van der Waals surface area contributed by atoms with E-state index in [9.17, 15) is 9.59 Å². The number of fused-ring (bicyclic) bond motifs is 2. The van der Waals surface area contributed by atoms with Crippen LogP contribution in [0.25, 0.3) is 22.1 Å². The Labute approximate surface area is 154 Å². The Morgan fingerprint density at radius 2 is 2.04 bits per heavy atom. The highest BCUT2D eigenvalue weighted by molar-refractivity contribution is 6.35. The van der Waals surface area contributed by atoms with Gasteiger partial charge in [0.25, 0.3) is 11.9 Å². The van der Waals surface area contributed by atoms with Crippen molar-refractivity contribution in [1.29, 1.82) is 0 Å². The zero-order valence-corrected chi connectivity index (χ0v) is 14.9. The van der Waals surface area contributed by atoms with Crippen LogP contribution in [-0.2, 0) is 6.54 Å². The lowest BCUT2D eigenvalue weighted by atomic mass is 9.99. The molecule has 0 saturated carbocycles. The molecule has 0 spiro atoms. The van der Waals surface area contributed by atoms with Crippen LogP contribution in [0, 0.1) is 0 Å². The van der Waals surface area contributed by atoms with Gasteiger partial charge in [-0.25, -0.2) is 4.79 Å². The number of hydrogen-bond acceptors (Lipinski definition) is 4. The maximum Gasteiger partial charge on any atom is 0.414 e. The molecule has 1 N–H and O–H groups in total. The highest BCUT2D eigenvalue weighted by atomic mass is 35.5. The maximum atomic E-state index is 12.0. The summed E-state index contributed by atoms with van der Waals surface area (Å²) in [5.74, 6) is 0.102. The summed E-state index contributed by atoms with van der Waals surface area (Å²) in [4.78, 5) is 25.1. The molecule has 0 unspecified atom stereocenters. The fourth-order valence-corrected chi connectivity index (χ4v) is 3.36. The monoisotopic (exact) mass is 370 g/mol. The SMILES string of the molecule is CNC(=O)Oc1cc2cc(-c3ccc4c(c3)CN(C)C4=O)cc(Cl)c2o1. The lowest BCUT2D eigenvalue weighted by Gasteiger charge is -2.05. The molecule has 0 fully saturated rings. The number of ether oxygens (including phenoxy) is 1. The molecule has 2 amide bonds. The number of rotatable bonds is 2. The Morgan fingerprint density at radius 3 is 2.81 bits per heavy atom. The molecular weight excluding hydrogens is 356 g/mol. The predicted molar refractivity (Wildman–Crippen MR) is 97.5 cm³/mol. The van der Waals surface area contributed by atoms with Crippen LogP contribution >= 0.6 is 11.6 Å². The Hall–Kier alpha value is -2.99. The average molecular weight is 371 g/mol. The van der Waals surface area contributed by atoms with Gasteiger partial charge in [-0.1, -0.05) is 17.7 Å². The number of nitrogens with one attached hydrogen (secondary N) is 1. The number of amides is 2. The van der Waals surface area contributed by atoms with Crippen molar-refractivity contribution in [1.82, 2.24) is 10.2 Å². The average Bonchev–Trinajstić information content (AvgIpc) is 3.15. The quantitative estimate of drug-likeness (QED) is 0.738. The van der Waals surface area contributed by atoms with E-state index in [0.717, 1.165) is 27.6 Å². The molecule has 4 rings (SSSR count). The number of halogens is 1. The minimum Gasteiger partial charge on any atom is -0.424 e. The third-order valence-electron chi connectivity index (χ3n) is 4.37. The van der Waals surface area contributed by atoms with Crippen molar-refractivity contribution in [3.8, 4) is 17.1 Å². The van der Waals surface area contributed by atoms with Crippen LogP contribution in [0.3, 0.4) is 0 Å². The van der Waals surface area contributed by atoms with Crippen molar-refractivity contribution in [2.24, 2.45) is 0 Å². The molecule has 1 aliphatic heterocycles. The third kappa shape index (κ3) is 2.68. The lowest BCUT2D eigenvalue weighted by molar-refractivity contribution is 0.0816. The van der Waals surface area contributed by atoms with Crippen LogP contribution in [0.5, 0.6) is 5.95 Å². The molecule has 0 aliphatic carbocycles. The van der Waals surface area contributed by atoms with Crippen molar-refractivity contribution < 1.29 is 18.7 Å². The minimum absolute atomic E-state index is 0.0332. The Morgan fingerprint density at radius 1 is 1.23 bits per heavy atom. The van der Waals surface area contributed by atoms with E-state index in [2.05, 4.69) is 5.32 Å². The Bertz CT molecular complexity index is 1060. The summed E-state index contributed by atoms with van der Waals surface area (Å²) in [6.07, 6.45) is -0.618. The van der Waals surface area contributed by atoms with Gasteiger partial charge in [0.1, 0.15) is 0 Å². The summed E-state index contributed by atoms with van der Waals surface area (Å²) < 4.78 is 10.5. The highest BCUT2D eigenvalue weighted by Gasteiger charge is 2.24. The summed E-state index contributed by atoms with van der Waals surface area (Å²) >= 11 is 6.35. The molecule has 3 aromatic rings. The van der Waals surface area contributed by atoms with Crippen molar-refractivity contribution in [3.63, 3.8) is 0 Å². The molecule has 7 heteroatoms. The normalized spacial score (nSPS) is 13.2. The lowest BCUT2D eigenvalue weighted by Crippen LogP contribution is -2.21. The molecule has 132 valence electrons. The molecule has 2 aromatic carbocycles. The van der Waals surface area contributed by atoms with Crippen molar-refractivity contribution in [2.75, 3.05) is 14.1 Å². The van der Waals surface area contributed by atoms with Crippen LogP contribution in [0.4, 0.5) is 4.79 Å². The second-order valence-electron chi connectivity index (χ2n) is 6.11. The first kappa shape index (κ1) is 16.5. The van der Waals surface area contributed by atoms with E-state index >= 15 is 0 Å². The molecule has 2 heterocycles. The first-order valence-corrected chi connectivity index (χ1v) is 8.35. The molecule has 26 heavy (non-hydrogen) atoms. The van der Waals surface area contributed by atoms with Crippen molar-refractivity contribution in [2.45, 2.75) is 6.54 Å². The van der Waals surface area contributed by atoms with E-state index in [1.165, 1.54) is 7.05 Å². The number of carbonyl (C=O) groups excluding carboxylic acids is 2. The van der Waals surface area contributed by atoms with Crippen LogP contribution in [0.1, 0.15) is 15.9 Å². The van der Waals surface area contributed by atoms with E-state index in [4.69, 9.17) is 20.8 Å². The van der Waals surface area contributed by atoms with Gasteiger partial charge in [0.2, 0.25) is 0 Å². The highest BCUT2D eigenvalue weighted by Crippen LogP contribution is 2.36.